The molecule has 1 N–H and O–H groups in total. The van der Waals surface area contributed by atoms with Gasteiger partial charge in [-0.15, -0.1) is 0 Å². The molecule has 2 aromatic carbocycles. The molecular weight excluding hydrogens is 440 g/mol. The molecule has 4 heteroatoms. The third kappa shape index (κ3) is 5.98. The van der Waals surface area contributed by atoms with E-state index < -0.39 is 0 Å². The van der Waals surface area contributed by atoms with Crippen LogP contribution in [0.4, 0.5) is 0 Å². The highest BCUT2D eigenvalue weighted by Crippen LogP contribution is 2.46. The first-order chi connectivity index (χ1) is 17.7. The summed E-state index contributed by atoms with van der Waals surface area (Å²) in [5.74, 6) is 1.81. The van der Waals surface area contributed by atoms with Crippen LogP contribution in [0.2, 0.25) is 0 Å². The van der Waals surface area contributed by atoms with Gasteiger partial charge in [0.2, 0.25) is 0 Å². The summed E-state index contributed by atoms with van der Waals surface area (Å²) in [6.07, 6.45) is 7.33. The smallest absolute Gasteiger partial charge is 0.134 e. The topological polar surface area (TPSA) is 40.0 Å². The predicted octanol–water partition coefficient (Wildman–Crippen LogP) is 6.33. The van der Waals surface area contributed by atoms with Gasteiger partial charge in [-0.25, -0.2) is 4.99 Å². The third-order valence-corrected chi connectivity index (χ3v) is 8.31. The number of amidine groups is 1. The maximum atomic E-state index is 5.02. The van der Waals surface area contributed by atoms with Gasteiger partial charge in [0.05, 0.1) is 17.7 Å². The maximum absolute atomic E-state index is 5.02. The summed E-state index contributed by atoms with van der Waals surface area (Å²) in [4.78, 5) is 12.5. The molecule has 0 radical (unpaired) electrons. The summed E-state index contributed by atoms with van der Waals surface area (Å²) in [5, 5.41) is 3.65. The van der Waals surface area contributed by atoms with Gasteiger partial charge in [-0.2, -0.15) is 0 Å². The van der Waals surface area contributed by atoms with Crippen molar-refractivity contribution in [2.75, 3.05) is 39.3 Å². The number of piperidine rings is 1. The van der Waals surface area contributed by atoms with Gasteiger partial charge in [0.25, 0.3) is 0 Å². The molecule has 2 aliphatic heterocycles. The van der Waals surface area contributed by atoms with E-state index in [0.29, 0.717) is 0 Å². The van der Waals surface area contributed by atoms with Gasteiger partial charge >= 0.3 is 0 Å². The number of aryl methyl sites for hydroxylation is 2. The van der Waals surface area contributed by atoms with Gasteiger partial charge in [0.1, 0.15) is 5.84 Å². The fourth-order valence-corrected chi connectivity index (χ4v) is 5.98. The molecule has 1 saturated heterocycles. The summed E-state index contributed by atoms with van der Waals surface area (Å²) in [6.45, 7) is 14.6. The summed E-state index contributed by atoms with van der Waals surface area (Å²) < 4.78 is 0. The lowest BCUT2D eigenvalue weighted by Crippen LogP contribution is -2.41. The Kier molecular flexibility index (Phi) is 9.50. The van der Waals surface area contributed by atoms with Crippen LogP contribution in [-0.4, -0.2) is 55.7 Å². The first-order valence-electron chi connectivity index (χ1n) is 14.4. The molecule has 4 nitrogen and oxygen atoms in total. The summed E-state index contributed by atoms with van der Waals surface area (Å²) >= 11 is 0. The minimum Gasteiger partial charge on any atom is -0.310 e. The van der Waals surface area contributed by atoms with E-state index in [4.69, 9.17) is 9.98 Å². The summed E-state index contributed by atoms with van der Waals surface area (Å²) in [5.41, 5.74) is 7.10. The largest absolute Gasteiger partial charge is 0.310 e. The van der Waals surface area contributed by atoms with E-state index in [9.17, 15) is 0 Å². The van der Waals surface area contributed by atoms with Gasteiger partial charge in [-0.1, -0.05) is 81.3 Å². The molecule has 0 aromatic heterocycles. The predicted molar refractivity (Wildman–Crippen MR) is 155 cm³/mol. The van der Waals surface area contributed by atoms with Crippen LogP contribution in [0.5, 0.6) is 0 Å². The Labute approximate surface area is 219 Å². The van der Waals surface area contributed by atoms with Crippen LogP contribution in [-0.2, 0) is 11.8 Å². The molecule has 0 atom stereocenters. The summed E-state index contributed by atoms with van der Waals surface area (Å²) in [7, 11) is 0. The first-order valence-corrected chi connectivity index (χ1v) is 14.4. The molecule has 2 aromatic rings. The van der Waals surface area contributed by atoms with E-state index >= 15 is 0 Å². The lowest BCUT2D eigenvalue weighted by molar-refractivity contribution is 0.213. The third-order valence-electron chi connectivity index (χ3n) is 8.31. The van der Waals surface area contributed by atoms with E-state index in [1.165, 1.54) is 67.6 Å². The number of rotatable bonds is 9. The minimum absolute atomic E-state index is 0.0657. The average molecular weight is 487 g/mol. The maximum Gasteiger partial charge on any atom is 0.134 e. The second-order valence-corrected chi connectivity index (χ2v) is 10.5. The van der Waals surface area contributed by atoms with Gasteiger partial charge < -0.3 is 10.2 Å². The van der Waals surface area contributed by atoms with Crippen LogP contribution in [0.25, 0.3) is 0 Å². The first kappa shape index (κ1) is 26.8. The van der Waals surface area contributed by atoms with E-state index in [1.54, 1.807) is 5.56 Å². The SMILES string of the molecule is CC.CCc1ccccc1C1CCN(CCNCC2=NC(C3(c4ccc(C)cc4)CCC3)=NC2)CC1. The van der Waals surface area contributed by atoms with Crippen molar-refractivity contribution in [1.82, 2.24) is 10.2 Å². The van der Waals surface area contributed by atoms with Gasteiger partial charge in [-0.05, 0) is 74.7 Å². The van der Waals surface area contributed by atoms with Crippen molar-refractivity contribution in [3.05, 3.63) is 70.8 Å². The Balaban J connectivity index is 0.00000148. The Hall–Kier alpha value is -2.30. The van der Waals surface area contributed by atoms with Crippen LogP contribution >= 0.6 is 0 Å². The number of benzene rings is 2. The molecule has 0 bridgehead atoms. The van der Waals surface area contributed by atoms with Crippen molar-refractivity contribution < 1.29 is 0 Å². The fraction of sp³-hybridized carbons (Fsp3) is 0.562. The van der Waals surface area contributed by atoms with Crippen molar-refractivity contribution in [3.63, 3.8) is 0 Å². The highest BCUT2D eigenvalue weighted by Gasteiger charge is 2.44. The normalized spacial score (nSPS) is 19.7. The lowest BCUT2D eigenvalue weighted by atomic mass is 9.63. The van der Waals surface area contributed by atoms with E-state index in [0.717, 1.165) is 44.4 Å². The number of hydrogen-bond acceptors (Lipinski definition) is 4. The number of likely N-dealkylation sites (tertiary alicyclic amines) is 1. The van der Waals surface area contributed by atoms with Crippen LogP contribution < -0.4 is 5.32 Å². The van der Waals surface area contributed by atoms with E-state index in [-0.39, 0.29) is 5.41 Å². The quantitative estimate of drug-likeness (QED) is 0.421. The number of aliphatic imine (C=N–C) groups is 2. The van der Waals surface area contributed by atoms with Gasteiger partial charge in [0, 0.05) is 19.6 Å². The molecule has 0 amide bonds. The Morgan fingerprint density at radius 3 is 2.39 bits per heavy atom. The van der Waals surface area contributed by atoms with Crippen molar-refractivity contribution in [3.8, 4) is 0 Å². The average Bonchev–Trinajstić information content (AvgIpc) is 3.37. The van der Waals surface area contributed by atoms with Crippen LogP contribution in [0.15, 0.2) is 58.5 Å². The Bertz CT molecular complexity index is 1020. The van der Waals surface area contributed by atoms with Crippen molar-refractivity contribution in [2.45, 2.75) is 77.6 Å². The second kappa shape index (κ2) is 12.8. The van der Waals surface area contributed by atoms with Gasteiger partial charge in [-0.3, -0.25) is 4.99 Å². The molecule has 0 unspecified atom stereocenters. The van der Waals surface area contributed by atoms with Crippen LogP contribution in [0, 0.1) is 6.92 Å². The molecular formula is C32H46N4. The standard InChI is InChI=1S/C30H40N4.C2H6/c1-3-24-7-4-5-8-28(24)25-13-18-34(19-14-25)20-17-31-21-27-22-32-29(33-27)30(15-6-16-30)26-11-9-23(2)10-12-26;1-2/h4-5,7-12,25,31H,3,6,13-22H2,1-2H3;1-2H3. The Morgan fingerprint density at radius 1 is 1.00 bits per heavy atom. The molecule has 2 heterocycles. The van der Waals surface area contributed by atoms with E-state index in [1.807, 2.05) is 13.8 Å². The zero-order valence-electron chi connectivity index (χ0n) is 23.0. The van der Waals surface area contributed by atoms with Crippen LogP contribution in [0.3, 0.4) is 0 Å². The lowest BCUT2D eigenvalue weighted by Gasteiger charge is -2.41. The van der Waals surface area contributed by atoms with Crippen molar-refractivity contribution >= 4 is 11.5 Å². The fourth-order valence-electron chi connectivity index (χ4n) is 5.98. The number of nitrogens with one attached hydrogen (secondary N) is 1. The van der Waals surface area contributed by atoms with Crippen molar-refractivity contribution in [1.29, 1.82) is 0 Å². The second-order valence-electron chi connectivity index (χ2n) is 10.5. The number of nitrogens with zero attached hydrogens (tertiary/aromatic N) is 3. The van der Waals surface area contributed by atoms with Crippen molar-refractivity contribution in [2.24, 2.45) is 9.98 Å². The highest BCUT2D eigenvalue weighted by atomic mass is 15.1. The summed E-state index contributed by atoms with van der Waals surface area (Å²) in [6, 6.07) is 18.1. The zero-order valence-corrected chi connectivity index (χ0v) is 23.0. The molecule has 1 aliphatic carbocycles. The molecule has 1 saturated carbocycles. The molecule has 3 aliphatic rings. The van der Waals surface area contributed by atoms with E-state index in [2.05, 4.69) is 72.6 Å². The molecule has 5 rings (SSSR count). The molecule has 0 spiro atoms. The van der Waals surface area contributed by atoms with Crippen LogP contribution in [0.1, 0.15) is 81.0 Å². The number of hydrogen-bond donors (Lipinski definition) is 1. The molecule has 194 valence electrons. The van der Waals surface area contributed by atoms with Gasteiger partial charge in [0.15, 0.2) is 0 Å². The zero-order chi connectivity index (χ0) is 25.4. The minimum atomic E-state index is 0.0657. The monoisotopic (exact) mass is 486 g/mol. The molecule has 36 heavy (non-hydrogen) atoms. The molecule has 2 fully saturated rings. The highest BCUT2D eigenvalue weighted by molar-refractivity contribution is 6.09. The Morgan fingerprint density at radius 2 is 1.72 bits per heavy atom.